The van der Waals surface area contributed by atoms with E-state index in [9.17, 15) is 0 Å². The second-order valence-corrected chi connectivity index (χ2v) is 5.87. The molecule has 1 aliphatic rings. The van der Waals surface area contributed by atoms with Gasteiger partial charge in [-0.2, -0.15) is 0 Å². The average Bonchev–Trinajstić information content (AvgIpc) is 2.56. The smallest absolute Gasteiger partial charge is 0.108 e. The maximum absolute atomic E-state index is 6.46. The van der Waals surface area contributed by atoms with Crippen molar-refractivity contribution >= 4 is 0 Å². The van der Waals surface area contributed by atoms with Gasteiger partial charge in [-0.05, 0) is 36.8 Å². The average molecular weight is 281 g/mol. The maximum atomic E-state index is 6.46. The number of nitrogens with two attached hydrogens (primary N) is 1. The lowest BCUT2D eigenvalue weighted by Gasteiger charge is -2.30. The lowest BCUT2D eigenvalue weighted by molar-refractivity contribution is -0.0143. The van der Waals surface area contributed by atoms with E-state index >= 15 is 0 Å². The Balaban J connectivity index is 1.80. The molecule has 1 fully saturated rings. The molecular weight excluding hydrogens is 258 g/mol. The molecule has 1 saturated carbocycles. The van der Waals surface area contributed by atoms with Crippen LogP contribution in [0.5, 0.6) is 0 Å². The Hall–Kier alpha value is -1.64. The molecule has 2 aromatic rings. The van der Waals surface area contributed by atoms with Crippen molar-refractivity contribution in [2.24, 2.45) is 5.73 Å². The first kappa shape index (κ1) is 14.3. The maximum Gasteiger partial charge on any atom is 0.108 e. The minimum absolute atomic E-state index is 0.0201. The molecule has 110 valence electrons. The van der Waals surface area contributed by atoms with Crippen LogP contribution in [0.2, 0.25) is 0 Å². The van der Waals surface area contributed by atoms with Crippen molar-refractivity contribution in [1.29, 1.82) is 0 Å². The molecule has 2 aromatic carbocycles. The Labute approximate surface area is 126 Å². The van der Waals surface area contributed by atoms with Gasteiger partial charge in [-0.25, -0.2) is 0 Å². The first-order valence-corrected chi connectivity index (χ1v) is 7.84. The first-order chi connectivity index (χ1) is 10.3. The fourth-order valence-electron chi connectivity index (χ4n) is 3.02. The predicted octanol–water partition coefficient (Wildman–Crippen LogP) is 4.06. The molecule has 2 heteroatoms. The van der Waals surface area contributed by atoms with Gasteiger partial charge in [0, 0.05) is 6.04 Å². The quantitative estimate of drug-likeness (QED) is 0.917. The van der Waals surface area contributed by atoms with E-state index in [4.69, 9.17) is 10.5 Å². The van der Waals surface area contributed by atoms with Gasteiger partial charge in [-0.1, -0.05) is 60.7 Å². The molecule has 0 unspecified atom stereocenters. The summed E-state index contributed by atoms with van der Waals surface area (Å²) in [4.78, 5) is 0. The minimum atomic E-state index is 0.0201. The molecule has 0 aliphatic heterocycles. The van der Waals surface area contributed by atoms with Crippen LogP contribution in [-0.2, 0) is 4.74 Å². The molecule has 0 bridgehead atoms. The lowest BCUT2D eigenvalue weighted by atomic mass is 9.93. The summed E-state index contributed by atoms with van der Waals surface area (Å²) in [6, 6.07) is 21.3. The van der Waals surface area contributed by atoms with Crippen molar-refractivity contribution in [3.63, 3.8) is 0 Å². The monoisotopic (exact) mass is 281 g/mol. The van der Waals surface area contributed by atoms with Crippen LogP contribution < -0.4 is 5.73 Å². The fourth-order valence-corrected chi connectivity index (χ4v) is 3.02. The summed E-state index contributed by atoms with van der Waals surface area (Å²) in [5.41, 5.74) is 8.44. The van der Waals surface area contributed by atoms with Crippen LogP contribution in [0.25, 0.3) is 0 Å². The molecular formula is C19H23NO. The Kier molecular flexibility index (Phi) is 4.69. The highest BCUT2D eigenvalue weighted by atomic mass is 16.5. The van der Waals surface area contributed by atoms with Crippen LogP contribution in [0.4, 0.5) is 0 Å². The highest BCUT2D eigenvalue weighted by Gasteiger charge is 2.24. The van der Waals surface area contributed by atoms with E-state index in [0.717, 1.165) is 25.7 Å². The molecule has 3 rings (SSSR count). The van der Waals surface area contributed by atoms with Gasteiger partial charge in [0.15, 0.2) is 0 Å². The predicted molar refractivity (Wildman–Crippen MR) is 86.0 cm³/mol. The molecule has 0 spiro atoms. The van der Waals surface area contributed by atoms with Crippen LogP contribution in [-0.4, -0.2) is 12.1 Å². The molecule has 21 heavy (non-hydrogen) atoms. The highest BCUT2D eigenvalue weighted by molar-refractivity contribution is 5.30. The van der Waals surface area contributed by atoms with Crippen LogP contribution in [0, 0.1) is 0 Å². The van der Waals surface area contributed by atoms with Gasteiger partial charge in [0.2, 0.25) is 0 Å². The van der Waals surface area contributed by atoms with Gasteiger partial charge >= 0.3 is 0 Å². The van der Waals surface area contributed by atoms with E-state index < -0.39 is 0 Å². The van der Waals surface area contributed by atoms with Crippen LogP contribution in [0.3, 0.4) is 0 Å². The molecule has 2 nitrogen and oxygen atoms in total. The van der Waals surface area contributed by atoms with Crippen LogP contribution in [0.15, 0.2) is 60.7 Å². The van der Waals surface area contributed by atoms with Gasteiger partial charge < -0.3 is 10.5 Å². The molecule has 0 atom stereocenters. The minimum Gasteiger partial charge on any atom is -0.366 e. The van der Waals surface area contributed by atoms with Crippen molar-refractivity contribution in [1.82, 2.24) is 0 Å². The third-order valence-electron chi connectivity index (χ3n) is 4.25. The van der Waals surface area contributed by atoms with Crippen LogP contribution in [0.1, 0.15) is 42.9 Å². The zero-order valence-corrected chi connectivity index (χ0v) is 12.3. The van der Waals surface area contributed by atoms with Crippen molar-refractivity contribution in [3.8, 4) is 0 Å². The summed E-state index contributed by atoms with van der Waals surface area (Å²) in [7, 11) is 0. The molecule has 0 heterocycles. The molecule has 0 aromatic heterocycles. The number of benzene rings is 2. The molecule has 0 radical (unpaired) electrons. The zero-order valence-electron chi connectivity index (χ0n) is 12.3. The molecule has 1 aliphatic carbocycles. The topological polar surface area (TPSA) is 35.2 Å². The van der Waals surface area contributed by atoms with E-state index in [0.29, 0.717) is 12.1 Å². The summed E-state index contributed by atoms with van der Waals surface area (Å²) in [6.07, 6.45) is 4.61. The van der Waals surface area contributed by atoms with Gasteiger partial charge in [-0.15, -0.1) is 0 Å². The second kappa shape index (κ2) is 6.88. The van der Waals surface area contributed by atoms with E-state index in [2.05, 4.69) is 48.5 Å². The summed E-state index contributed by atoms with van der Waals surface area (Å²) in [6.45, 7) is 0. The zero-order chi connectivity index (χ0) is 14.5. The largest absolute Gasteiger partial charge is 0.366 e. The Morgan fingerprint density at radius 1 is 0.762 bits per heavy atom. The summed E-state index contributed by atoms with van der Waals surface area (Å²) < 4.78 is 6.46. The normalized spacial score (nSPS) is 22.4. The standard InChI is InChI=1S/C19H23NO/c20-17-11-13-18(14-12-17)21-19(15-7-3-1-4-8-15)16-9-5-2-6-10-16/h1-10,17-19H,11-14,20H2. The number of hydrogen-bond donors (Lipinski definition) is 1. The van der Waals surface area contributed by atoms with E-state index in [1.165, 1.54) is 11.1 Å². The van der Waals surface area contributed by atoms with Crippen molar-refractivity contribution in [2.45, 2.75) is 43.9 Å². The van der Waals surface area contributed by atoms with Gasteiger partial charge in [0.25, 0.3) is 0 Å². The Morgan fingerprint density at radius 3 is 1.71 bits per heavy atom. The van der Waals surface area contributed by atoms with Gasteiger partial charge in [0.05, 0.1) is 6.10 Å². The van der Waals surface area contributed by atoms with E-state index in [1.54, 1.807) is 0 Å². The highest BCUT2D eigenvalue weighted by Crippen LogP contribution is 2.31. The van der Waals surface area contributed by atoms with Crippen LogP contribution >= 0.6 is 0 Å². The van der Waals surface area contributed by atoms with Crippen molar-refractivity contribution < 1.29 is 4.74 Å². The van der Waals surface area contributed by atoms with Crippen molar-refractivity contribution in [2.75, 3.05) is 0 Å². The van der Waals surface area contributed by atoms with Gasteiger partial charge in [-0.3, -0.25) is 0 Å². The van der Waals surface area contributed by atoms with Crippen molar-refractivity contribution in [3.05, 3.63) is 71.8 Å². The summed E-state index contributed by atoms with van der Waals surface area (Å²) >= 11 is 0. The van der Waals surface area contributed by atoms with E-state index in [-0.39, 0.29) is 6.10 Å². The molecule has 0 amide bonds. The third kappa shape index (κ3) is 3.72. The summed E-state index contributed by atoms with van der Waals surface area (Å²) in [5.74, 6) is 0. The third-order valence-corrected chi connectivity index (χ3v) is 4.25. The molecule has 0 saturated heterocycles. The van der Waals surface area contributed by atoms with Gasteiger partial charge in [0.1, 0.15) is 6.10 Å². The summed E-state index contributed by atoms with van der Waals surface area (Å²) in [5, 5.41) is 0. The molecule has 2 N–H and O–H groups in total. The second-order valence-electron chi connectivity index (χ2n) is 5.87. The number of hydrogen-bond acceptors (Lipinski definition) is 2. The van der Waals surface area contributed by atoms with E-state index in [1.807, 2.05) is 12.1 Å². The number of ether oxygens (including phenoxy) is 1. The first-order valence-electron chi connectivity index (χ1n) is 7.84. The lowest BCUT2D eigenvalue weighted by Crippen LogP contribution is -2.31. The Morgan fingerprint density at radius 2 is 1.24 bits per heavy atom. The fraction of sp³-hybridized carbons (Fsp3) is 0.368. The number of rotatable bonds is 4. The Bertz CT molecular complexity index is 493. The SMILES string of the molecule is NC1CCC(OC(c2ccccc2)c2ccccc2)CC1.